The van der Waals surface area contributed by atoms with Gasteiger partial charge in [-0.15, -0.1) is 0 Å². The van der Waals surface area contributed by atoms with Gasteiger partial charge in [0.2, 0.25) is 0 Å². The van der Waals surface area contributed by atoms with Crippen molar-refractivity contribution in [2.24, 2.45) is 0 Å². The molecule has 0 rings (SSSR count). The van der Waals surface area contributed by atoms with Crippen LogP contribution in [-0.2, 0) is 23.9 Å². The fourth-order valence-corrected chi connectivity index (χ4v) is 1.85. The highest BCUT2D eigenvalue weighted by Crippen LogP contribution is 2.07. The molecule has 2 atom stereocenters. The Kier molecular flexibility index (Phi) is 12.8. The molecule has 0 amide bonds. The molecule has 0 saturated heterocycles. The summed E-state index contributed by atoms with van der Waals surface area (Å²) < 4.78 is 9.45. The molecule has 0 radical (unpaired) electrons. The van der Waals surface area contributed by atoms with Crippen LogP contribution in [0, 0.1) is 0 Å². The minimum absolute atomic E-state index is 0.281. The summed E-state index contributed by atoms with van der Waals surface area (Å²) in [5.74, 6) is -2.91. The first-order valence-corrected chi connectivity index (χ1v) is 8.27. The molecule has 0 aliphatic heterocycles. The van der Waals surface area contributed by atoms with Crippen LogP contribution in [0.2, 0.25) is 0 Å². The van der Waals surface area contributed by atoms with Crippen molar-refractivity contribution in [2.45, 2.75) is 70.5 Å². The molecule has 0 aliphatic rings. The molecule has 0 aromatic heterocycles. The molecule has 8 nitrogen and oxygen atoms in total. The van der Waals surface area contributed by atoms with Crippen molar-refractivity contribution in [1.82, 2.24) is 0 Å². The average molecular weight is 348 g/mol. The van der Waals surface area contributed by atoms with Crippen LogP contribution in [0.1, 0.15) is 58.3 Å². The lowest BCUT2D eigenvalue weighted by atomic mass is 10.1. The molecule has 0 fully saturated rings. The van der Waals surface area contributed by atoms with Gasteiger partial charge in [0, 0.05) is 6.42 Å². The maximum Gasteiger partial charge on any atom is 0.333 e. The van der Waals surface area contributed by atoms with Crippen molar-refractivity contribution in [1.29, 1.82) is 0 Å². The number of ether oxygens (including phenoxy) is 2. The smallest absolute Gasteiger partial charge is 0.333 e. The number of carboxylic acid groups (broad SMARTS) is 1. The number of carbonyl (C=O) groups excluding carboxylic acids is 2. The summed E-state index contributed by atoms with van der Waals surface area (Å²) in [6, 6.07) is 0. The molecule has 0 bridgehead atoms. The van der Waals surface area contributed by atoms with Crippen LogP contribution >= 0.6 is 0 Å². The van der Waals surface area contributed by atoms with Crippen molar-refractivity contribution in [3.05, 3.63) is 0 Å². The number of hydrogen-bond acceptors (Lipinski definition) is 7. The Bertz CT molecular complexity index is 382. The van der Waals surface area contributed by atoms with Crippen LogP contribution in [0.3, 0.4) is 0 Å². The van der Waals surface area contributed by atoms with E-state index in [1.807, 2.05) is 0 Å². The van der Waals surface area contributed by atoms with Crippen molar-refractivity contribution >= 4 is 17.9 Å². The van der Waals surface area contributed by atoms with Gasteiger partial charge in [-0.05, 0) is 6.42 Å². The third-order valence-electron chi connectivity index (χ3n) is 3.25. The average Bonchev–Trinajstić information content (AvgIpc) is 2.54. The summed E-state index contributed by atoms with van der Waals surface area (Å²) in [4.78, 5) is 33.0. The zero-order chi connectivity index (χ0) is 18.4. The van der Waals surface area contributed by atoms with Gasteiger partial charge in [0.1, 0.15) is 19.3 Å². The van der Waals surface area contributed by atoms with Gasteiger partial charge >= 0.3 is 17.9 Å². The minimum Gasteiger partial charge on any atom is -0.479 e. The Labute approximate surface area is 141 Å². The summed E-state index contributed by atoms with van der Waals surface area (Å²) in [6.45, 7) is 1.40. The van der Waals surface area contributed by atoms with E-state index >= 15 is 0 Å². The van der Waals surface area contributed by atoms with Gasteiger partial charge in [0.25, 0.3) is 0 Å². The normalized spacial score (nSPS) is 13.1. The zero-order valence-corrected chi connectivity index (χ0v) is 14.1. The van der Waals surface area contributed by atoms with Gasteiger partial charge in [-0.3, -0.25) is 9.59 Å². The Balaban J connectivity index is 3.66. The highest BCUT2D eigenvalue weighted by Gasteiger charge is 2.19. The highest BCUT2D eigenvalue weighted by atomic mass is 16.6. The lowest BCUT2D eigenvalue weighted by Gasteiger charge is -2.12. The number of unbranched alkanes of at least 4 members (excludes halogenated alkanes) is 5. The predicted molar refractivity (Wildman–Crippen MR) is 84.2 cm³/mol. The molecule has 0 heterocycles. The van der Waals surface area contributed by atoms with E-state index in [1.54, 1.807) is 0 Å². The van der Waals surface area contributed by atoms with Gasteiger partial charge in [0.15, 0.2) is 6.10 Å². The number of aliphatic hydroxyl groups is 2. The fraction of sp³-hybridized carbons (Fsp3) is 0.812. The first-order valence-electron chi connectivity index (χ1n) is 8.27. The number of esters is 2. The molecular formula is C16H28O8. The molecule has 2 unspecified atom stereocenters. The SMILES string of the molecule is CCCCCCCCC(=O)OCC(O)COC(=O)CC(O)C(=O)O. The highest BCUT2D eigenvalue weighted by molar-refractivity contribution is 5.80. The van der Waals surface area contributed by atoms with E-state index < -0.39 is 43.1 Å². The molecule has 0 aromatic rings. The molecule has 8 heteroatoms. The third kappa shape index (κ3) is 12.8. The van der Waals surface area contributed by atoms with E-state index in [-0.39, 0.29) is 13.0 Å². The van der Waals surface area contributed by atoms with Crippen molar-refractivity contribution in [3.8, 4) is 0 Å². The summed E-state index contributed by atoms with van der Waals surface area (Å²) in [5.41, 5.74) is 0. The summed E-state index contributed by atoms with van der Waals surface area (Å²) >= 11 is 0. The van der Waals surface area contributed by atoms with Gasteiger partial charge in [-0.1, -0.05) is 39.0 Å². The summed E-state index contributed by atoms with van der Waals surface area (Å²) in [6.07, 6.45) is 2.84. The van der Waals surface area contributed by atoms with Crippen molar-refractivity contribution in [3.63, 3.8) is 0 Å². The fourth-order valence-electron chi connectivity index (χ4n) is 1.85. The first-order chi connectivity index (χ1) is 11.4. The number of aliphatic carboxylic acids is 1. The van der Waals surface area contributed by atoms with E-state index in [0.29, 0.717) is 0 Å². The maximum absolute atomic E-state index is 11.5. The molecule has 0 aromatic carbocycles. The maximum atomic E-state index is 11.5. The number of aliphatic hydroxyl groups excluding tert-OH is 2. The van der Waals surface area contributed by atoms with Crippen LogP contribution in [-0.4, -0.2) is 58.6 Å². The molecule has 140 valence electrons. The predicted octanol–water partition coefficient (Wildman–Crippen LogP) is 1.02. The largest absolute Gasteiger partial charge is 0.479 e. The van der Waals surface area contributed by atoms with Gasteiger partial charge < -0.3 is 24.8 Å². The van der Waals surface area contributed by atoms with E-state index in [0.717, 1.165) is 25.7 Å². The van der Waals surface area contributed by atoms with E-state index in [4.69, 9.17) is 14.9 Å². The van der Waals surface area contributed by atoms with E-state index in [2.05, 4.69) is 11.7 Å². The Morgan fingerprint density at radius 1 is 0.875 bits per heavy atom. The lowest BCUT2D eigenvalue weighted by Crippen LogP contribution is -2.28. The standard InChI is InChI=1S/C16H28O8/c1-2-3-4-5-6-7-8-14(19)23-10-12(17)11-24-15(20)9-13(18)16(21)22/h12-13,17-18H,2-11H2,1H3,(H,21,22). The summed E-state index contributed by atoms with van der Waals surface area (Å²) in [5, 5.41) is 26.9. The quantitative estimate of drug-likeness (QED) is 0.313. The first kappa shape index (κ1) is 22.3. The molecule has 0 aliphatic carbocycles. The number of carbonyl (C=O) groups is 3. The molecule has 0 saturated carbocycles. The molecule has 3 N–H and O–H groups in total. The number of hydrogen-bond donors (Lipinski definition) is 3. The second-order valence-electron chi connectivity index (χ2n) is 5.60. The molecular weight excluding hydrogens is 320 g/mol. The van der Waals surface area contributed by atoms with Crippen LogP contribution in [0.15, 0.2) is 0 Å². The summed E-state index contributed by atoms with van der Waals surface area (Å²) in [7, 11) is 0. The number of rotatable bonds is 14. The van der Waals surface area contributed by atoms with Gasteiger partial charge in [0.05, 0.1) is 6.42 Å². The van der Waals surface area contributed by atoms with Gasteiger partial charge in [-0.2, -0.15) is 0 Å². The van der Waals surface area contributed by atoms with E-state index in [1.165, 1.54) is 12.8 Å². The Hall–Kier alpha value is -1.67. The van der Waals surface area contributed by atoms with Crippen LogP contribution < -0.4 is 0 Å². The zero-order valence-electron chi connectivity index (χ0n) is 14.1. The van der Waals surface area contributed by atoms with Crippen LogP contribution in [0.4, 0.5) is 0 Å². The number of carboxylic acids is 1. The van der Waals surface area contributed by atoms with Crippen LogP contribution in [0.5, 0.6) is 0 Å². The monoisotopic (exact) mass is 348 g/mol. The van der Waals surface area contributed by atoms with Crippen molar-refractivity contribution < 1.29 is 39.2 Å². The second kappa shape index (κ2) is 13.7. The molecule has 24 heavy (non-hydrogen) atoms. The van der Waals surface area contributed by atoms with Crippen molar-refractivity contribution in [2.75, 3.05) is 13.2 Å². The Morgan fingerprint density at radius 2 is 1.42 bits per heavy atom. The van der Waals surface area contributed by atoms with E-state index in [9.17, 15) is 19.5 Å². The van der Waals surface area contributed by atoms with Gasteiger partial charge in [-0.25, -0.2) is 4.79 Å². The Morgan fingerprint density at radius 3 is 2.00 bits per heavy atom. The minimum atomic E-state index is -1.84. The third-order valence-corrected chi connectivity index (χ3v) is 3.25. The lowest BCUT2D eigenvalue weighted by molar-refractivity contribution is -0.159. The molecule has 0 spiro atoms. The topological polar surface area (TPSA) is 130 Å². The second-order valence-corrected chi connectivity index (χ2v) is 5.60. The van der Waals surface area contributed by atoms with Crippen LogP contribution in [0.25, 0.3) is 0 Å².